The summed E-state index contributed by atoms with van der Waals surface area (Å²) in [5.74, 6) is 0.160. The highest BCUT2D eigenvalue weighted by atomic mass is 16.4. The summed E-state index contributed by atoms with van der Waals surface area (Å²) in [7, 11) is 0. The van der Waals surface area contributed by atoms with Crippen LogP contribution in [-0.2, 0) is 15.6 Å². The van der Waals surface area contributed by atoms with Crippen molar-refractivity contribution in [2.45, 2.75) is 136 Å². The maximum absolute atomic E-state index is 11.9. The first kappa shape index (κ1) is 28.5. The minimum absolute atomic E-state index is 0.0247. The molecule has 1 aromatic carbocycles. The van der Waals surface area contributed by atoms with Gasteiger partial charge < -0.3 is 10.2 Å². The fourth-order valence-corrected chi connectivity index (χ4v) is 4.72. The Morgan fingerprint density at radius 3 is 1.78 bits per heavy atom. The summed E-state index contributed by atoms with van der Waals surface area (Å²) in [5, 5.41) is 20.8. The molecule has 0 aromatic heterocycles. The van der Waals surface area contributed by atoms with Crippen LogP contribution >= 0.6 is 0 Å². The monoisotopic (exact) mass is 446 g/mol. The number of aromatic hydroxyl groups is 1. The lowest BCUT2D eigenvalue weighted by molar-refractivity contribution is -0.137. The topological polar surface area (TPSA) is 57.5 Å². The summed E-state index contributed by atoms with van der Waals surface area (Å²) < 4.78 is 0. The first-order valence-electron chi connectivity index (χ1n) is 12.9. The first-order chi connectivity index (χ1) is 14.8. The molecule has 0 aliphatic heterocycles. The molecular weight excluding hydrogens is 396 g/mol. The smallest absolute Gasteiger partial charge is 0.303 e. The summed E-state index contributed by atoms with van der Waals surface area (Å²) in [5.41, 5.74) is 2.49. The van der Waals surface area contributed by atoms with Crippen molar-refractivity contribution in [2.75, 3.05) is 0 Å². The summed E-state index contributed by atoms with van der Waals surface area (Å²) in [6.07, 6.45) is 10.8. The fourth-order valence-electron chi connectivity index (χ4n) is 4.72. The molecule has 2 N–H and O–H groups in total. The molecule has 2 atom stereocenters. The minimum Gasteiger partial charge on any atom is -0.507 e. The molecule has 0 radical (unpaired) electrons. The number of phenolic OH excluding ortho intramolecular Hbond substituents is 1. The predicted molar refractivity (Wildman–Crippen MR) is 137 cm³/mol. The number of hydrogen-bond donors (Lipinski definition) is 2. The van der Waals surface area contributed by atoms with Crippen LogP contribution in [0.3, 0.4) is 0 Å². The van der Waals surface area contributed by atoms with E-state index in [0.717, 1.165) is 23.1 Å². The van der Waals surface area contributed by atoms with Gasteiger partial charge in [-0.3, -0.25) is 4.79 Å². The molecule has 0 aliphatic carbocycles. The van der Waals surface area contributed by atoms with Gasteiger partial charge in [-0.15, -0.1) is 0 Å². The molecule has 184 valence electrons. The maximum Gasteiger partial charge on any atom is 0.303 e. The van der Waals surface area contributed by atoms with Gasteiger partial charge in [-0.05, 0) is 45.8 Å². The third-order valence-corrected chi connectivity index (χ3v) is 6.69. The Morgan fingerprint density at radius 2 is 1.34 bits per heavy atom. The number of hydrogen-bond acceptors (Lipinski definition) is 2. The van der Waals surface area contributed by atoms with E-state index in [1.807, 2.05) is 0 Å². The lowest BCUT2D eigenvalue weighted by Crippen LogP contribution is -2.20. The van der Waals surface area contributed by atoms with Gasteiger partial charge in [-0.25, -0.2) is 0 Å². The number of carboxylic acids is 1. The lowest BCUT2D eigenvalue weighted by Gasteiger charge is -2.31. The summed E-state index contributed by atoms with van der Waals surface area (Å²) in [4.78, 5) is 11.9. The molecule has 0 amide bonds. The zero-order chi connectivity index (χ0) is 24.5. The standard InChI is InChI=1S/C29H50O3/c1-9-11-13-14-16-21(15-12-10-2)17-22(20-26(30)31)23-18-24(28(3,4)5)27(32)25(19-23)29(6,7)8/h18-19,21-22,32H,9-17,20H2,1-8H3,(H,30,31). The van der Waals surface area contributed by atoms with Gasteiger partial charge >= 0.3 is 5.97 Å². The van der Waals surface area contributed by atoms with Crippen LogP contribution in [0.4, 0.5) is 0 Å². The zero-order valence-corrected chi connectivity index (χ0v) is 22.2. The first-order valence-corrected chi connectivity index (χ1v) is 12.9. The average molecular weight is 447 g/mol. The summed E-state index contributed by atoms with van der Waals surface area (Å²) in [6.45, 7) is 17.1. The minimum atomic E-state index is -0.738. The van der Waals surface area contributed by atoms with Crippen LogP contribution in [0.15, 0.2) is 12.1 Å². The van der Waals surface area contributed by atoms with Crippen molar-refractivity contribution < 1.29 is 15.0 Å². The van der Waals surface area contributed by atoms with Crippen molar-refractivity contribution in [1.29, 1.82) is 0 Å². The van der Waals surface area contributed by atoms with Gasteiger partial charge in [-0.2, -0.15) is 0 Å². The number of unbranched alkanes of at least 4 members (excludes halogenated alkanes) is 4. The highest BCUT2D eigenvalue weighted by Gasteiger charge is 2.29. The van der Waals surface area contributed by atoms with Crippen molar-refractivity contribution in [3.63, 3.8) is 0 Å². The molecule has 1 aromatic rings. The van der Waals surface area contributed by atoms with E-state index in [4.69, 9.17) is 0 Å². The average Bonchev–Trinajstić information content (AvgIpc) is 2.66. The number of phenols is 1. The van der Waals surface area contributed by atoms with Gasteiger partial charge in [0, 0.05) is 0 Å². The summed E-state index contributed by atoms with van der Waals surface area (Å²) >= 11 is 0. The molecule has 0 saturated heterocycles. The molecule has 0 spiro atoms. The zero-order valence-electron chi connectivity index (χ0n) is 22.2. The van der Waals surface area contributed by atoms with Crippen LogP contribution in [0.2, 0.25) is 0 Å². The van der Waals surface area contributed by atoms with E-state index in [1.54, 1.807) is 0 Å². The normalized spacial score (nSPS) is 14.4. The van der Waals surface area contributed by atoms with Crippen molar-refractivity contribution in [1.82, 2.24) is 0 Å². The van der Waals surface area contributed by atoms with Gasteiger partial charge in [0.2, 0.25) is 0 Å². The third kappa shape index (κ3) is 9.16. The van der Waals surface area contributed by atoms with Gasteiger partial charge in [-0.1, -0.05) is 119 Å². The Balaban J connectivity index is 3.38. The van der Waals surface area contributed by atoms with Gasteiger partial charge in [0.15, 0.2) is 0 Å². The van der Waals surface area contributed by atoms with E-state index in [9.17, 15) is 15.0 Å². The number of benzene rings is 1. The van der Waals surface area contributed by atoms with Crippen LogP contribution < -0.4 is 0 Å². The second-order valence-electron chi connectivity index (χ2n) is 11.9. The number of rotatable bonds is 13. The molecule has 1 rings (SSSR count). The van der Waals surface area contributed by atoms with Crippen LogP contribution in [0.25, 0.3) is 0 Å². The highest BCUT2D eigenvalue weighted by molar-refractivity contribution is 5.68. The number of carbonyl (C=O) groups is 1. The van der Waals surface area contributed by atoms with E-state index in [-0.39, 0.29) is 23.2 Å². The Morgan fingerprint density at radius 1 is 0.844 bits per heavy atom. The lowest BCUT2D eigenvalue weighted by atomic mass is 9.75. The molecule has 0 fully saturated rings. The molecule has 0 bridgehead atoms. The molecule has 0 saturated carbocycles. The van der Waals surface area contributed by atoms with Crippen LogP contribution in [0.1, 0.15) is 142 Å². The molecule has 3 heteroatoms. The van der Waals surface area contributed by atoms with Crippen LogP contribution in [0, 0.1) is 5.92 Å². The molecule has 0 aliphatic rings. The van der Waals surface area contributed by atoms with E-state index >= 15 is 0 Å². The number of aliphatic carboxylic acids is 1. The van der Waals surface area contributed by atoms with Gasteiger partial charge in [0.1, 0.15) is 5.75 Å². The molecule has 0 heterocycles. The predicted octanol–water partition coefficient (Wildman–Crippen LogP) is 8.71. The van der Waals surface area contributed by atoms with Crippen LogP contribution in [-0.4, -0.2) is 16.2 Å². The molecule has 3 nitrogen and oxygen atoms in total. The second-order valence-corrected chi connectivity index (χ2v) is 11.9. The SMILES string of the molecule is CCCCCCC(CCCC)CC(CC(=O)O)c1cc(C(C)(C)C)c(O)c(C(C)(C)C)c1. The molecule has 2 unspecified atom stereocenters. The van der Waals surface area contributed by atoms with Crippen molar-refractivity contribution in [3.05, 3.63) is 28.8 Å². The molecular formula is C29H50O3. The molecule has 32 heavy (non-hydrogen) atoms. The quantitative estimate of drug-likeness (QED) is 0.298. The Labute approximate surface area is 198 Å². The summed E-state index contributed by atoms with van der Waals surface area (Å²) in [6, 6.07) is 4.18. The third-order valence-electron chi connectivity index (χ3n) is 6.69. The van der Waals surface area contributed by atoms with Gasteiger partial charge in [0.25, 0.3) is 0 Å². The highest BCUT2D eigenvalue weighted by Crippen LogP contribution is 2.43. The Bertz CT molecular complexity index is 671. The van der Waals surface area contributed by atoms with E-state index in [2.05, 4.69) is 67.5 Å². The fraction of sp³-hybridized carbons (Fsp3) is 0.759. The Hall–Kier alpha value is -1.51. The van der Waals surface area contributed by atoms with Crippen molar-refractivity contribution >= 4 is 5.97 Å². The van der Waals surface area contributed by atoms with E-state index in [1.165, 1.54) is 51.4 Å². The van der Waals surface area contributed by atoms with Gasteiger partial charge in [0.05, 0.1) is 6.42 Å². The van der Waals surface area contributed by atoms with Crippen molar-refractivity contribution in [2.24, 2.45) is 5.92 Å². The Kier molecular flexibility index (Phi) is 11.3. The van der Waals surface area contributed by atoms with Crippen LogP contribution in [0.5, 0.6) is 5.75 Å². The largest absolute Gasteiger partial charge is 0.507 e. The number of carboxylic acid groups (broad SMARTS) is 1. The van der Waals surface area contributed by atoms with E-state index < -0.39 is 5.97 Å². The maximum atomic E-state index is 11.9. The van der Waals surface area contributed by atoms with E-state index in [0.29, 0.717) is 11.7 Å². The van der Waals surface area contributed by atoms with Crippen molar-refractivity contribution in [3.8, 4) is 5.75 Å². The second kappa shape index (κ2) is 12.7.